The predicted molar refractivity (Wildman–Crippen MR) is 59.1 cm³/mol. The van der Waals surface area contributed by atoms with E-state index in [9.17, 15) is 9.90 Å². The fourth-order valence-corrected chi connectivity index (χ4v) is 3.31. The smallest absolute Gasteiger partial charge is 0.330 e. The van der Waals surface area contributed by atoms with Gasteiger partial charge in [0, 0.05) is 18.1 Å². The molecule has 1 fully saturated rings. The van der Waals surface area contributed by atoms with Crippen molar-refractivity contribution in [2.24, 2.45) is 0 Å². The Labute approximate surface area is 92.7 Å². The van der Waals surface area contributed by atoms with E-state index in [1.807, 2.05) is 11.5 Å². The van der Waals surface area contributed by atoms with Crippen molar-refractivity contribution in [1.82, 2.24) is 9.55 Å². The molecule has 0 radical (unpaired) electrons. The summed E-state index contributed by atoms with van der Waals surface area (Å²) in [6.07, 6.45) is 5.09. The molecule has 1 N–H and O–H groups in total. The minimum atomic E-state index is -0.774. The van der Waals surface area contributed by atoms with E-state index in [2.05, 4.69) is 4.98 Å². The molecule has 0 saturated carbocycles. The molecule has 1 atom stereocenters. The van der Waals surface area contributed by atoms with Gasteiger partial charge >= 0.3 is 5.97 Å². The molecule has 2 rings (SSSR count). The van der Waals surface area contributed by atoms with Crippen molar-refractivity contribution in [2.45, 2.75) is 25.3 Å². The average molecular weight is 226 g/mol. The zero-order valence-corrected chi connectivity index (χ0v) is 9.46. The van der Waals surface area contributed by atoms with Gasteiger partial charge in [-0.1, -0.05) is 0 Å². The number of aromatic nitrogens is 2. The van der Waals surface area contributed by atoms with E-state index in [1.54, 1.807) is 24.2 Å². The highest BCUT2D eigenvalue weighted by Gasteiger charge is 2.42. The normalized spacial score (nSPS) is 26.5. The van der Waals surface area contributed by atoms with E-state index in [1.165, 1.54) is 0 Å². The Morgan fingerprint density at radius 2 is 2.53 bits per heavy atom. The van der Waals surface area contributed by atoms with E-state index in [0.29, 0.717) is 12.2 Å². The van der Waals surface area contributed by atoms with Crippen LogP contribution < -0.4 is 0 Å². The number of thioether (sulfide) groups is 1. The van der Waals surface area contributed by atoms with Crippen LogP contribution in [0.1, 0.15) is 18.7 Å². The second-order valence-electron chi connectivity index (χ2n) is 3.84. The number of rotatable bonds is 2. The summed E-state index contributed by atoms with van der Waals surface area (Å²) in [5.41, 5.74) is -0.774. The first kappa shape index (κ1) is 10.5. The van der Waals surface area contributed by atoms with Crippen molar-refractivity contribution in [3.63, 3.8) is 0 Å². The molecule has 0 aromatic carbocycles. The molecule has 0 bridgehead atoms. The zero-order chi connectivity index (χ0) is 10.9. The predicted octanol–water partition coefficient (Wildman–Crippen LogP) is 1.50. The van der Waals surface area contributed by atoms with Gasteiger partial charge in [-0.2, -0.15) is 11.8 Å². The quantitative estimate of drug-likeness (QED) is 0.830. The van der Waals surface area contributed by atoms with Crippen LogP contribution in [0.3, 0.4) is 0 Å². The summed E-state index contributed by atoms with van der Waals surface area (Å²) in [6.45, 7) is 1.85. The summed E-state index contributed by atoms with van der Waals surface area (Å²) in [5.74, 6) is 1.73. The Hall–Kier alpha value is -0.970. The number of aliphatic carboxylic acids is 1. The van der Waals surface area contributed by atoms with Crippen molar-refractivity contribution >= 4 is 17.7 Å². The third-order valence-electron chi connectivity index (χ3n) is 2.90. The van der Waals surface area contributed by atoms with Crippen molar-refractivity contribution < 1.29 is 9.90 Å². The first-order chi connectivity index (χ1) is 7.17. The van der Waals surface area contributed by atoms with E-state index in [-0.39, 0.29) is 0 Å². The number of imidazole rings is 1. The second-order valence-corrected chi connectivity index (χ2v) is 4.94. The molecular weight excluding hydrogens is 212 g/mol. The van der Waals surface area contributed by atoms with Gasteiger partial charge in [-0.15, -0.1) is 0 Å². The highest BCUT2D eigenvalue weighted by atomic mass is 32.2. The van der Waals surface area contributed by atoms with Crippen LogP contribution in [0.15, 0.2) is 12.4 Å². The molecule has 15 heavy (non-hydrogen) atoms. The fraction of sp³-hybridized carbons (Fsp3) is 0.600. The molecule has 1 unspecified atom stereocenters. The van der Waals surface area contributed by atoms with Gasteiger partial charge in [0.05, 0.1) is 0 Å². The summed E-state index contributed by atoms with van der Waals surface area (Å²) < 4.78 is 1.81. The summed E-state index contributed by atoms with van der Waals surface area (Å²) >= 11 is 1.71. The Morgan fingerprint density at radius 3 is 3.00 bits per heavy atom. The lowest BCUT2D eigenvalue weighted by atomic mass is 9.95. The molecule has 4 nitrogen and oxygen atoms in total. The largest absolute Gasteiger partial charge is 0.479 e. The number of aryl methyl sites for hydroxylation is 1. The van der Waals surface area contributed by atoms with Crippen LogP contribution in [-0.4, -0.2) is 32.1 Å². The minimum Gasteiger partial charge on any atom is -0.479 e. The molecule has 1 aliphatic heterocycles. The number of nitrogens with zero attached hydrogens (tertiary/aromatic N) is 2. The summed E-state index contributed by atoms with van der Waals surface area (Å²) in [7, 11) is 0. The highest BCUT2D eigenvalue weighted by molar-refractivity contribution is 7.99. The first-order valence-electron chi connectivity index (χ1n) is 4.98. The molecule has 5 heteroatoms. The van der Waals surface area contributed by atoms with Gasteiger partial charge in [0.1, 0.15) is 5.82 Å². The van der Waals surface area contributed by atoms with Gasteiger partial charge in [-0.05, 0) is 25.5 Å². The van der Waals surface area contributed by atoms with Crippen LogP contribution in [0.25, 0.3) is 0 Å². The third kappa shape index (κ3) is 1.65. The minimum absolute atomic E-state index is 0.638. The van der Waals surface area contributed by atoms with Crippen LogP contribution in [0.2, 0.25) is 0 Å². The molecule has 0 aliphatic carbocycles. The van der Waals surface area contributed by atoms with Crippen LogP contribution in [0.5, 0.6) is 0 Å². The lowest BCUT2D eigenvalue weighted by Gasteiger charge is -2.34. The average Bonchev–Trinajstić information content (AvgIpc) is 2.66. The molecule has 1 saturated heterocycles. The van der Waals surface area contributed by atoms with Gasteiger partial charge in [-0.3, -0.25) is 0 Å². The van der Waals surface area contributed by atoms with Crippen molar-refractivity contribution in [2.75, 3.05) is 11.5 Å². The first-order valence-corrected chi connectivity index (χ1v) is 6.14. The zero-order valence-electron chi connectivity index (χ0n) is 8.64. The van der Waals surface area contributed by atoms with Crippen LogP contribution in [-0.2, 0) is 10.3 Å². The SMILES string of the molecule is Cc1nccn1C1(C(=O)O)CCCSC1. The third-order valence-corrected chi connectivity index (χ3v) is 4.16. The van der Waals surface area contributed by atoms with Gasteiger partial charge < -0.3 is 9.67 Å². The summed E-state index contributed by atoms with van der Waals surface area (Å²) in [5, 5.41) is 9.42. The Balaban J connectivity index is 2.42. The van der Waals surface area contributed by atoms with E-state index in [0.717, 1.165) is 18.0 Å². The van der Waals surface area contributed by atoms with Gasteiger partial charge in [0.15, 0.2) is 5.54 Å². The van der Waals surface area contributed by atoms with Crippen molar-refractivity contribution in [3.8, 4) is 0 Å². The van der Waals surface area contributed by atoms with E-state index < -0.39 is 11.5 Å². The van der Waals surface area contributed by atoms with Gasteiger partial charge in [0.2, 0.25) is 0 Å². The van der Waals surface area contributed by atoms with Crippen LogP contribution >= 0.6 is 11.8 Å². The fourth-order valence-electron chi connectivity index (χ4n) is 2.07. The monoisotopic (exact) mass is 226 g/mol. The number of hydrogen-bond donors (Lipinski definition) is 1. The number of carboxylic acids is 1. The molecule has 1 aromatic heterocycles. The Kier molecular flexibility index (Phi) is 2.73. The van der Waals surface area contributed by atoms with Gasteiger partial charge in [-0.25, -0.2) is 9.78 Å². The Morgan fingerprint density at radius 1 is 1.73 bits per heavy atom. The Bertz CT molecular complexity index is 369. The molecule has 0 amide bonds. The lowest BCUT2D eigenvalue weighted by Crippen LogP contribution is -2.46. The van der Waals surface area contributed by atoms with Crippen LogP contribution in [0, 0.1) is 6.92 Å². The van der Waals surface area contributed by atoms with Crippen molar-refractivity contribution in [1.29, 1.82) is 0 Å². The van der Waals surface area contributed by atoms with E-state index >= 15 is 0 Å². The van der Waals surface area contributed by atoms with E-state index in [4.69, 9.17) is 0 Å². The lowest BCUT2D eigenvalue weighted by molar-refractivity contribution is -0.147. The number of carboxylic acid groups (broad SMARTS) is 1. The summed E-state index contributed by atoms with van der Waals surface area (Å²) in [4.78, 5) is 15.6. The molecular formula is C10H14N2O2S. The number of hydrogen-bond acceptors (Lipinski definition) is 3. The maximum atomic E-state index is 11.5. The second kappa shape index (κ2) is 3.89. The maximum absolute atomic E-state index is 11.5. The molecule has 82 valence electrons. The standard InChI is InChI=1S/C10H14N2O2S/c1-8-11-4-5-12(8)10(9(13)14)3-2-6-15-7-10/h4-5H,2-3,6-7H2,1H3,(H,13,14). The summed E-state index contributed by atoms with van der Waals surface area (Å²) in [6, 6.07) is 0. The van der Waals surface area contributed by atoms with Crippen LogP contribution in [0.4, 0.5) is 0 Å². The highest BCUT2D eigenvalue weighted by Crippen LogP contribution is 2.34. The maximum Gasteiger partial charge on any atom is 0.330 e. The molecule has 1 aliphatic rings. The van der Waals surface area contributed by atoms with Crippen molar-refractivity contribution in [3.05, 3.63) is 18.2 Å². The molecule has 1 aromatic rings. The molecule has 0 spiro atoms. The number of carbonyl (C=O) groups is 1. The topological polar surface area (TPSA) is 55.1 Å². The molecule has 2 heterocycles. The van der Waals surface area contributed by atoms with Gasteiger partial charge in [0.25, 0.3) is 0 Å².